The molecule has 12 rings (SSSR count). The fraction of sp³-hybridized carbons (Fsp3) is 0.0508. The number of hydrogen-bond donors (Lipinski definition) is 0. The van der Waals surface area contributed by atoms with E-state index in [1.165, 1.54) is 61.2 Å². The number of aromatic nitrogens is 3. The highest BCUT2D eigenvalue weighted by atomic mass is 15.0. The molecule has 8 aromatic rings. The number of rotatable bonds is 6. The molecule has 0 unspecified atom stereocenters. The monoisotopic (exact) mass is 789 g/mol. The summed E-state index contributed by atoms with van der Waals surface area (Å²) in [5.74, 6) is 1.88. The highest BCUT2D eigenvalue weighted by Crippen LogP contribution is 2.64. The fourth-order valence-electron chi connectivity index (χ4n) is 10.1. The van der Waals surface area contributed by atoms with E-state index in [1.54, 1.807) is 0 Å². The Bertz CT molecular complexity index is 3250. The molecule has 1 aromatic heterocycles. The highest BCUT2D eigenvalue weighted by Gasteiger charge is 2.52. The largest absolute Gasteiger partial charge is 0.208 e. The molecular formula is C59H39N3. The van der Waals surface area contributed by atoms with Gasteiger partial charge in [0.2, 0.25) is 0 Å². The average Bonchev–Trinajstić information content (AvgIpc) is 3.67. The van der Waals surface area contributed by atoms with Gasteiger partial charge in [-0.1, -0.05) is 194 Å². The fourth-order valence-corrected chi connectivity index (χ4v) is 10.1. The van der Waals surface area contributed by atoms with E-state index in [1.807, 2.05) is 30.4 Å². The molecule has 0 fully saturated rings. The van der Waals surface area contributed by atoms with Gasteiger partial charge in [0.1, 0.15) is 0 Å². The summed E-state index contributed by atoms with van der Waals surface area (Å²) in [6, 6.07) is 61.5. The van der Waals surface area contributed by atoms with Gasteiger partial charge in [-0.05, 0) is 103 Å². The molecule has 0 radical (unpaired) electrons. The molecular weight excluding hydrogens is 751 g/mol. The van der Waals surface area contributed by atoms with Crippen molar-refractivity contribution in [3.8, 4) is 56.2 Å². The van der Waals surface area contributed by atoms with Gasteiger partial charge < -0.3 is 0 Å². The first kappa shape index (κ1) is 35.9. The second-order valence-corrected chi connectivity index (χ2v) is 16.3. The zero-order valence-electron chi connectivity index (χ0n) is 34.0. The van der Waals surface area contributed by atoms with Crippen LogP contribution in [0, 0.1) is 0 Å². The van der Waals surface area contributed by atoms with Crippen LogP contribution in [0.2, 0.25) is 0 Å². The third-order valence-corrected chi connectivity index (χ3v) is 12.8. The molecule has 0 N–H and O–H groups in total. The Hall–Kier alpha value is -7.97. The quantitative estimate of drug-likeness (QED) is 0.158. The second-order valence-electron chi connectivity index (χ2n) is 16.3. The topological polar surface area (TPSA) is 38.7 Å². The Morgan fingerprint density at radius 2 is 0.968 bits per heavy atom. The molecule has 3 nitrogen and oxygen atoms in total. The predicted molar refractivity (Wildman–Crippen MR) is 254 cm³/mol. The smallest absolute Gasteiger partial charge is 0.164 e. The Kier molecular flexibility index (Phi) is 8.48. The van der Waals surface area contributed by atoms with Gasteiger partial charge in [-0.15, -0.1) is 5.73 Å². The standard InChI is InChI=1S/C59H39N3/c1-3-17-39(18-4-1)40-33-35-42(36-34-40)57-60-56(41-19-5-2-6-20-41)61-58(62-57)46-22-8-7-21-43(38-46)44-23-15-24-45(37-44)47-28-16-29-51-50-27-11-14-32-54(50)59(55(47)51)52-30-12-9-25-48(52)49-26-10-13-31-53(49)59/h2-3,5-20,22-38H,1,4H2. The number of fused-ring (bicyclic) bond motifs is 10. The predicted octanol–water partition coefficient (Wildman–Crippen LogP) is 14.1. The van der Waals surface area contributed by atoms with Crippen LogP contribution in [0.25, 0.3) is 72.9 Å². The van der Waals surface area contributed by atoms with Gasteiger partial charge in [0.15, 0.2) is 17.5 Å². The Balaban J connectivity index is 0.975. The lowest BCUT2D eigenvalue weighted by atomic mass is 9.68. The molecule has 4 aliphatic carbocycles. The number of hydrogen-bond acceptors (Lipinski definition) is 3. The van der Waals surface area contributed by atoms with Crippen LogP contribution in [0.5, 0.6) is 0 Å². The van der Waals surface area contributed by atoms with E-state index in [-0.39, 0.29) is 0 Å². The summed E-state index contributed by atoms with van der Waals surface area (Å²) >= 11 is 0. The van der Waals surface area contributed by atoms with Gasteiger partial charge in [-0.25, -0.2) is 15.0 Å². The third kappa shape index (κ3) is 5.71. The lowest BCUT2D eigenvalue weighted by Crippen LogP contribution is -2.26. The molecule has 7 aromatic carbocycles. The summed E-state index contributed by atoms with van der Waals surface area (Å²) in [6.45, 7) is 0. The third-order valence-electron chi connectivity index (χ3n) is 12.8. The van der Waals surface area contributed by atoms with Crippen LogP contribution in [0.1, 0.15) is 52.0 Å². The molecule has 0 saturated carbocycles. The number of allylic oxidation sites excluding steroid dienone is 9. The lowest BCUT2D eigenvalue weighted by molar-refractivity contribution is 0.796. The SMILES string of the molecule is C1=CC=CC(c2nc(-c3ccccc3)nc(-c3ccc(C4=CCCC=C4)cc3)n2)=CC=1c1cccc(-c2cccc3c2C2(c4ccccc4-c4ccccc42)c2ccccc2-3)c1. The van der Waals surface area contributed by atoms with E-state index in [9.17, 15) is 0 Å². The maximum atomic E-state index is 5.14. The first-order chi connectivity index (χ1) is 30.7. The molecule has 0 amide bonds. The number of benzene rings is 7. The van der Waals surface area contributed by atoms with Gasteiger partial charge in [0.05, 0.1) is 5.41 Å². The Morgan fingerprint density at radius 3 is 1.66 bits per heavy atom. The highest BCUT2D eigenvalue weighted by molar-refractivity contribution is 5.99. The van der Waals surface area contributed by atoms with Crippen molar-refractivity contribution in [2.24, 2.45) is 0 Å². The van der Waals surface area contributed by atoms with Crippen molar-refractivity contribution in [3.63, 3.8) is 0 Å². The average molecular weight is 790 g/mol. The zero-order chi connectivity index (χ0) is 41.0. The van der Waals surface area contributed by atoms with Crippen LogP contribution in [-0.4, -0.2) is 15.0 Å². The first-order valence-corrected chi connectivity index (χ1v) is 21.4. The van der Waals surface area contributed by atoms with Gasteiger partial charge in [0, 0.05) is 22.3 Å². The molecule has 290 valence electrons. The van der Waals surface area contributed by atoms with E-state index >= 15 is 0 Å². The Morgan fingerprint density at radius 1 is 0.419 bits per heavy atom. The van der Waals surface area contributed by atoms with Gasteiger partial charge in [0.25, 0.3) is 0 Å². The van der Waals surface area contributed by atoms with E-state index < -0.39 is 5.41 Å². The van der Waals surface area contributed by atoms with Crippen molar-refractivity contribution < 1.29 is 0 Å². The van der Waals surface area contributed by atoms with Crippen molar-refractivity contribution >= 4 is 16.7 Å². The molecule has 1 heterocycles. The van der Waals surface area contributed by atoms with E-state index in [4.69, 9.17) is 15.0 Å². The zero-order valence-corrected chi connectivity index (χ0v) is 34.0. The van der Waals surface area contributed by atoms with Crippen LogP contribution < -0.4 is 0 Å². The van der Waals surface area contributed by atoms with Crippen LogP contribution >= 0.6 is 0 Å². The minimum absolute atomic E-state index is 0.443. The minimum atomic E-state index is -0.443. The van der Waals surface area contributed by atoms with Crippen molar-refractivity contribution in [1.82, 2.24) is 15.0 Å². The second kappa shape index (κ2) is 14.6. The van der Waals surface area contributed by atoms with E-state index in [0.717, 1.165) is 46.2 Å². The summed E-state index contributed by atoms with van der Waals surface area (Å²) in [5.41, 5.74) is 23.3. The van der Waals surface area contributed by atoms with Crippen LogP contribution in [0.15, 0.2) is 218 Å². The van der Waals surface area contributed by atoms with Crippen LogP contribution in [0.3, 0.4) is 0 Å². The molecule has 4 aliphatic rings. The maximum Gasteiger partial charge on any atom is 0.164 e. The molecule has 0 aliphatic heterocycles. The van der Waals surface area contributed by atoms with E-state index in [2.05, 4.69) is 188 Å². The van der Waals surface area contributed by atoms with Crippen molar-refractivity contribution in [1.29, 1.82) is 0 Å². The van der Waals surface area contributed by atoms with E-state index in [0.29, 0.717) is 17.5 Å². The van der Waals surface area contributed by atoms with Crippen molar-refractivity contribution in [2.45, 2.75) is 18.3 Å². The van der Waals surface area contributed by atoms with Crippen LogP contribution in [-0.2, 0) is 5.41 Å². The molecule has 0 bridgehead atoms. The van der Waals surface area contributed by atoms with Gasteiger partial charge in [-0.3, -0.25) is 0 Å². The molecule has 3 heteroatoms. The van der Waals surface area contributed by atoms with Crippen molar-refractivity contribution in [2.75, 3.05) is 0 Å². The number of nitrogens with zero attached hydrogens (tertiary/aromatic N) is 3. The molecule has 1 spiro atoms. The van der Waals surface area contributed by atoms with Gasteiger partial charge in [-0.2, -0.15) is 0 Å². The van der Waals surface area contributed by atoms with Crippen molar-refractivity contribution in [3.05, 3.63) is 257 Å². The summed E-state index contributed by atoms with van der Waals surface area (Å²) in [7, 11) is 0. The summed E-state index contributed by atoms with van der Waals surface area (Å²) in [5, 5.41) is 0. The summed E-state index contributed by atoms with van der Waals surface area (Å²) in [6.07, 6.45) is 17.2. The van der Waals surface area contributed by atoms with Crippen LogP contribution in [0.4, 0.5) is 0 Å². The maximum absolute atomic E-state index is 5.14. The van der Waals surface area contributed by atoms with Gasteiger partial charge >= 0.3 is 0 Å². The Labute approximate surface area is 361 Å². The molecule has 0 atom stereocenters. The lowest BCUT2D eigenvalue weighted by Gasteiger charge is -2.32. The summed E-state index contributed by atoms with van der Waals surface area (Å²) in [4.78, 5) is 15.3. The molecule has 62 heavy (non-hydrogen) atoms. The molecule has 0 saturated heterocycles. The minimum Gasteiger partial charge on any atom is -0.208 e. The first-order valence-electron chi connectivity index (χ1n) is 21.4. The summed E-state index contributed by atoms with van der Waals surface area (Å²) < 4.78 is 0. The normalized spacial score (nSPS) is 14.9.